The summed E-state index contributed by atoms with van der Waals surface area (Å²) in [4.78, 5) is 12.4. The third-order valence-corrected chi connectivity index (χ3v) is 6.84. The van der Waals surface area contributed by atoms with Crippen molar-refractivity contribution in [3.63, 3.8) is 0 Å². The third-order valence-electron chi connectivity index (χ3n) is 5.65. The average Bonchev–Trinajstić information content (AvgIpc) is 3.28. The molecule has 0 spiro atoms. The Morgan fingerprint density at radius 2 is 2.00 bits per heavy atom. The van der Waals surface area contributed by atoms with Crippen LogP contribution in [-0.2, 0) is 4.79 Å². The lowest BCUT2D eigenvalue weighted by Crippen LogP contribution is -2.20. The lowest BCUT2D eigenvalue weighted by Gasteiger charge is -2.25. The summed E-state index contributed by atoms with van der Waals surface area (Å²) in [6.07, 6.45) is 7.21. The molecule has 34 heavy (non-hydrogen) atoms. The van der Waals surface area contributed by atoms with Gasteiger partial charge in [0.25, 0.3) is 5.91 Å². The molecular formula is C24H26ClN5O3S. The number of carbonyl (C=O) groups excluding carboxylic acids is 1. The van der Waals surface area contributed by atoms with Gasteiger partial charge in [0.15, 0.2) is 22.5 Å². The highest BCUT2D eigenvalue weighted by atomic mass is 35.5. The summed E-state index contributed by atoms with van der Waals surface area (Å²) in [5.74, 6) is 1.08. The lowest BCUT2D eigenvalue weighted by molar-refractivity contribution is -0.118. The summed E-state index contributed by atoms with van der Waals surface area (Å²) in [6, 6.07) is 12.7. The maximum Gasteiger partial charge on any atom is 0.250 e. The highest BCUT2D eigenvalue weighted by Crippen LogP contribution is 2.35. The number of amides is 1. The zero-order valence-electron chi connectivity index (χ0n) is 18.8. The van der Waals surface area contributed by atoms with Crippen LogP contribution in [-0.4, -0.2) is 44.9 Å². The van der Waals surface area contributed by atoms with Crippen LogP contribution in [0.3, 0.4) is 0 Å². The molecule has 2 N–H and O–H groups in total. The zero-order valence-corrected chi connectivity index (χ0v) is 20.3. The standard InChI is InChI=1S/C24H26ClN5O3S/c1-33-21-13-16(7-12-20(21)31)14-26-27-22(32)15-34-24-29-28-23(17-8-10-18(25)11-9-17)30(24)19-5-3-2-4-6-19/h7-14,19,31H,2-6,15H2,1H3,(H,27,32)/b26-14-. The number of ether oxygens (including phenoxy) is 1. The highest BCUT2D eigenvalue weighted by molar-refractivity contribution is 7.99. The van der Waals surface area contributed by atoms with Crippen LogP contribution in [0.5, 0.6) is 11.5 Å². The number of nitrogens with zero attached hydrogens (tertiary/aromatic N) is 4. The van der Waals surface area contributed by atoms with Gasteiger partial charge in [0.05, 0.1) is 19.1 Å². The number of hydrogen-bond acceptors (Lipinski definition) is 7. The Morgan fingerprint density at radius 3 is 2.74 bits per heavy atom. The minimum atomic E-state index is -0.252. The van der Waals surface area contributed by atoms with Gasteiger partial charge >= 0.3 is 0 Å². The molecule has 1 aliphatic carbocycles. The SMILES string of the molecule is COc1cc(/C=N\NC(=O)CSc2nnc(-c3ccc(Cl)cc3)n2C2CCCCC2)ccc1O. The minimum Gasteiger partial charge on any atom is -0.504 e. The largest absolute Gasteiger partial charge is 0.504 e. The number of rotatable bonds is 8. The van der Waals surface area contributed by atoms with Gasteiger partial charge in [-0.2, -0.15) is 5.10 Å². The molecule has 1 saturated carbocycles. The second-order valence-corrected chi connectivity index (χ2v) is 9.37. The first-order valence-electron chi connectivity index (χ1n) is 11.1. The summed E-state index contributed by atoms with van der Waals surface area (Å²) < 4.78 is 7.25. The van der Waals surface area contributed by atoms with E-state index in [-0.39, 0.29) is 17.4 Å². The molecule has 0 unspecified atom stereocenters. The first kappa shape index (κ1) is 24.1. The Hall–Kier alpha value is -3.04. The minimum absolute atomic E-state index is 0.0418. The summed E-state index contributed by atoms with van der Waals surface area (Å²) >= 11 is 7.41. The smallest absolute Gasteiger partial charge is 0.250 e. The van der Waals surface area contributed by atoms with Crippen molar-refractivity contribution in [1.29, 1.82) is 0 Å². The molecule has 0 atom stereocenters. The van der Waals surface area contributed by atoms with E-state index in [0.29, 0.717) is 22.4 Å². The molecule has 4 rings (SSSR count). The lowest BCUT2D eigenvalue weighted by atomic mass is 9.95. The van der Waals surface area contributed by atoms with Crippen LogP contribution in [0.4, 0.5) is 0 Å². The van der Waals surface area contributed by atoms with Crippen LogP contribution >= 0.6 is 23.4 Å². The van der Waals surface area contributed by atoms with Crippen LogP contribution in [0.2, 0.25) is 5.02 Å². The Labute approximate surface area is 207 Å². The fraction of sp³-hybridized carbons (Fsp3) is 0.333. The first-order chi connectivity index (χ1) is 16.5. The predicted molar refractivity (Wildman–Crippen MR) is 134 cm³/mol. The van der Waals surface area contributed by atoms with Crippen LogP contribution in [0.15, 0.2) is 52.7 Å². The van der Waals surface area contributed by atoms with E-state index in [0.717, 1.165) is 29.4 Å². The number of benzene rings is 2. The van der Waals surface area contributed by atoms with Gasteiger partial charge in [-0.3, -0.25) is 9.36 Å². The molecule has 1 fully saturated rings. The maximum absolute atomic E-state index is 12.4. The number of phenols is 1. The van der Waals surface area contributed by atoms with Crippen LogP contribution in [0.25, 0.3) is 11.4 Å². The van der Waals surface area contributed by atoms with Crippen LogP contribution < -0.4 is 10.2 Å². The molecule has 0 bridgehead atoms. The van der Waals surface area contributed by atoms with Gasteiger partial charge in [-0.15, -0.1) is 10.2 Å². The fourth-order valence-electron chi connectivity index (χ4n) is 3.96. The Morgan fingerprint density at radius 1 is 1.24 bits per heavy atom. The van der Waals surface area contributed by atoms with E-state index in [1.165, 1.54) is 50.4 Å². The Bertz CT molecular complexity index is 1160. The van der Waals surface area contributed by atoms with E-state index >= 15 is 0 Å². The van der Waals surface area contributed by atoms with Crippen molar-refractivity contribution in [2.75, 3.05) is 12.9 Å². The summed E-state index contributed by atoms with van der Waals surface area (Å²) in [7, 11) is 1.47. The number of halogens is 1. The van der Waals surface area contributed by atoms with Crippen molar-refractivity contribution in [2.24, 2.45) is 5.10 Å². The predicted octanol–water partition coefficient (Wildman–Crippen LogP) is 5.06. The first-order valence-corrected chi connectivity index (χ1v) is 12.4. The molecule has 1 aliphatic rings. The topological polar surface area (TPSA) is 102 Å². The van der Waals surface area contributed by atoms with Gasteiger partial charge in [0.1, 0.15) is 0 Å². The van der Waals surface area contributed by atoms with E-state index in [9.17, 15) is 9.90 Å². The molecule has 10 heteroatoms. The quantitative estimate of drug-likeness (QED) is 0.255. The monoisotopic (exact) mass is 499 g/mol. The van der Waals surface area contributed by atoms with Gasteiger partial charge in [0, 0.05) is 16.6 Å². The number of hydrazone groups is 1. The highest BCUT2D eigenvalue weighted by Gasteiger charge is 2.24. The van der Waals surface area contributed by atoms with Crippen molar-refractivity contribution in [3.05, 3.63) is 53.1 Å². The van der Waals surface area contributed by atoms with Crippen molar-refractivity contribution >= 4 is 35.5 Å². The Balaban J connectivity index is 1.43. The average molecular weight is 500 g/mol. The molecule has 1 aromatic heterocycles. The van der Waals surface area contributed by atoms with E-state index in [2.05, 4.69) is 25.3 Å². The third kappa shape index (κ3) is 5.90. The Kier molecular flexibility index (Phi) is 8.08. The van der Waals surface area contributed by atoms with Gasteiger partial charge in [-0.05, 0) is 60.9 Å². The number of nitrogens with one attached hydrogen (secondary N) is 1. The number of methoxy groups -OCH3 is 1. The van der Waals surface area contributed by atoms with E-state index in [4.69, 9.17) is 16.3 Å². The van der Waals surface area contributed by atoms with E-state index < -0.39 is 0 Å². The molecule has 1 heterocycles. The zero-order chi connectivity index (χ0) is 23.9. The van der Waals surface area contributed by atoms with Crippen molar-refractivity contribution in [1.82, 2.24) is 20.2 Å². The molecule has 0 aliphatic heterocycles. The number of aromatic hydroxyl groups is 1. The molecule has 0 saturated heterocycles. The molecule has 8 nitrogen and oxygen atoms in total. The molecule has 0 radical (unpaired) electrons. The number of hydrogen-bond donors (Lipinski definition) is 2. The van der Waals surface area contributed by atoms with Crippen LogP contribution in [0.1, 0.15) is 43.7 Å². The number of thioether (sulfide) groups is 1. The van der Waals surface area contributed by atoms with E-state index in [1.807, 2.05) is 24.3 Å². The number of carbonyl (C=O) groups is 1. The van der Waals surface area contributed by atoms with Gasteiger partial charge in [0.2, 0.25) is 0 Å². The second kappa shape index (κ2) is 11.4. The summed E-state index contributed by atoms with van der Waals surface area (Å²) in [6.45, 7) is 0. The number of aromatic nitrogens is 3. The van der Waals surface area contributed by atoms with Crippen molar-refractivity contribution in [3.8, 4) is 22.9 Å². The van der Waals surface area contributed by atoms with Crippen LogP contribution in [0, 0.1) is 0 Å². The second-order valence-electron chi connectivity index (χ2n) is 7.99. The van der Waals surface area contributed by atoms with Crippen molar-refractivity contribution < 1.29 is 14.6 Å². The van der Waals surface area contributed by atoms with Gasteiger partial charge in [-0.25, -0.2) is 5.43 Å². The molecular weight excluding hydrogens is 474 g/mol. The molecule has 1 amide bonds. The summed E-state index contributed by atoms with van der Waals surface area (Å²) in [5, 5.41) is 23.9. The summed E-state index contributed by atoms with van der Waals surface area (Å²) in [5.41, 5.74) is 4.17. The fourth-order valence-corrected chi connectivity index (χ4v) is 4.88. The maximum atomic E-state index is 12.4. The van der Waals surface area contributed by atoms with Gasteiger partial charge in [-0.1, -0.05) is 42.6 Å². The molecule has 3 aromatic rings. The normalized spacial score (nSPS) is 14.4. The van der Waals surface area contributed by atoms with Crippen molar-refractivity contribution in [2.45, 2.75) is 43.3 Å². The van der Waals surface area contributed by atoms with E-state index in [1.54, 1.807) is 12.1 Å². The molecule has 2 aromatic carbocycles. The molecule has 178 valence electrons. The van der Waals surface area contributed by atoms with Gasteiger partial charge < -0.3 is 9.84 Å². The number of phenolic OH excluding ortho intramolecular Hbond substituents is 1.